The molecule has 1 unspecified atom stereocenters. The van der Waals surface area contributed by atoms with Crippen molar-refractivity contribution >= 4 is 27.3 Å². The fourth-order valence-electron chi connectivity index (χ4n) is 3.57. The molecule has 9 heteroatoms. The number of hydrogen-bond acceptors (Lipinski definition) is 7. The number of hydrogen-bond donors (Lipinski definition) is 1. The molecule has 0 radical (unpaired) electrons. The molecule has 0 saturated heterocycles. The average molecular weight is 453 g/mol. The molecular formula is C21H28N2O5S2. The lowest BCUT2D eigenvalue weighted by molar-refractivity contribution is 0.0593. The van der Waals surface area contributed by atoms with Crippen molar-refractivity contribution in [3.8, 4) is 0 Å². The minimum absolute atomic E-state index is 0.0349. The fraction of sp³-hybridized carbons (Fsp3) is 0.476. The molecule has 3 rings (SSSR count). The Labute approximate surface area is 182 Å². The number of carbonyl (C=O) groups is 1. The van der Waals surface area contributed by atoms with Gasteiger partial charge in [-0.2, -0.15) is 0 Å². The highest BCUT2D eigenvalue weighted by Crippen LogP contribution is 2.37. The van der Waals surface area contributed by atoms with E-state index < -0.39 is 16.0 Å². The second-order valence-electron chi connectivity index (χ2n) is 7.49. The largest absolute Gasteiger partial charge is 0.465 e. The van der Waals surface area contributed by atoms with Crippen molar-refractivity contribution in [2.24, 2.45) is 0 Å². The molecule has 0 fully saturated rings. The van der Waals surface area contributed by atoms with E-state index in [0.717, 1.165) is 39.4 Å². The molecule has 2 heterocycles. The maximum absolute atomic E-state index is 13.1. The number of carbonyl (C=O) groups excluding carboxylic acids is 1. The summed E-state index contributed by atoms with van der Waals surface area (Å²) in [6, 6.07) is 7.83. The number of nitrogens with one attached hydrogen (secondary N) is 1. The van der Waals surface area contributed by atoms with Crippen molar-refractivity contribution in [2.75, 3.05) is 27.4 Å². The Kier molecular flexibility index (Phi) is 7.30. The first-order valence-electron chi connectivity index (χ1n) is 9.78. The van der Waals surface area contributed by atoms with Crippen LogP contribution in [0, 0.1) is 6.92 Å². The zero-order valence-electron chi connectivity index (χ0n) is 17.7. The van der Waals surface area contributed by atoms with Crippen LogP contribution in [-0.2, 0) is 39.0 Å². The van der Waals surface area contributed by atoms with Crippen molar-refractivity contribution in [1.82, 2.24) is 9.62 Å². The monoisotopic (exact) mass is 452 g/mol. The molecule has 2 aromatic rings. The van der Waals surface area contributed by atoms with E-state index in [0.29, 0.717) is 19.6 Å². The maximum atomic E-state index is 13.1. The zero-order chi connectivity index (χ0) is 21.9. The van der Waals surface area contributed by atoms with Crippen molar-refractivity contribution in [2.45, 2.75) is 43.6 Å². The summed E-state index contributed by atoms with van der Waals surface area (Å²) in [6.07, 6.45) is 0.595. The Morgan fingerprint density at radius 2 is 1.97 bits per heavy atom. The van der Waals surface area contributed by atoms with Gasteiger partial charge in [-0.1, -0.05) is 29.8 Å². The van der Waals surface area contributed by atoms with Crippen LogP contribution in [0.1, 0.15) is 38.8 Å². The number of aryl methyl sites for hydroxylation is 1. The van der Waals surface area contributed by atoms with Gasteiger partial charge in [0.1, 0.15) is 4.21 Å². The lowest BCUT2D eigenvalue weighted by atomic mass is 10.0. The van der Waals surface area contributed by atoms with Crippen molar-refractivity contribution in [3.63, 3.8) is 0 Å². The van der Waals surface area contributed by atoms with E-state index in [1.807, 2.05) is 31.2 Å². The van der Waals surface area contributed by atoms with Crippen LogP contribution < -0.4 is 4.72 Å². The third-order valence-corrected chi connectivity index (χ3v) is 8.44. The van der Waals surface area contributed by atoms with Crippen LogP contribution in [0.25, 0.3) is 0 Å². The minimum atomic E-state index is -3.87. The molecule has 1 aromatic heterocycles. The van der Waals surface area contributed by atoms with E-state index >= 15 is 0 Å². The van der Waals surface area contributed by atoms with E-state index in [9.17, 15) is 13.2 Å². The number of sulfonamides is 1. The van der Waals surface area contributed by atoms with Crippen molar-refractivity contribution in [1.29, 1.82) is 0 Å². The summed E-state index contributed by atoms with van der Waals surface area (Å²) < 4.78 is 39.1. The number of esters is 1. The van der Waals surface area contributed by atoms with Gasteiger partial charge in [-0.05, 0) is 31.4 Å². The highest BCUT2D eigenvalue weighted by Gasteiger charge is 2.34. The quantitative estimate of drug-likeness (QED) is 0.620. The van der Waals surface area contributed by atoms with Crippen molar-refractivity contribution in [3.05, 3.63) is 51.4 Å². The molecule has 0 amide bonds. The number of ether oxygens (including phenoxy) is 2. The topological polar surface area (TPSA) is 84.9 Å². The number of fused-ring (bicyclic) bond motifs is 1. The lowest BCUT2D eigenvalue weighted by Crippen LogP contribution is -2.39. The number of benzene rings is 1. The van der Waals surface area contributed by atoms with E-state index in [1.165, 1.54) is 7.11 Å². The predicted molar refractivity (Wildman–Crippen MR) is 116 cm³/mol. The number of thiophene rings is 1. The first kappa shape index (κ1) is 22.9. The Morgan fingerprint density at radius 1 is 1.27 bits per heavy atom. The third kappa shape index (κ3) is 4.92. The van der Waals surface area contributed by atoms with Gasteiger partial charge in [0.25, 0.3) is 10.0 Å². The number of nitrogens with zero attached hydrogens (tertiary/aromatic N) is 1. The third-order valence-electron chi connectivity index (χ3n) is 5.31. The standard InChI is InChI=1S/C21H28N2O5S2/c1-14-5-7-16(8-6-14)11-22-30(25,26)21-19(20(24)28-4)17-9-10-23(12-18(17)29-21)15(2)13-27-3/h5-8,15,22H,9-13H2,1-4H3. The molecular weight excluding hydrogens is 424 g/mol. The van der Waals surface area contributed by atoms with Crippen LogP contribution in [-0.4, -0.2) is 52.7 Å². The lowest BCUT2D eigenvalue weighted by Gasteiger charge is -2.32. The number of rotatable bonds is 8. The van der Waals surface area contributed by atoms with Crippen LogP contribution in [0.5, 0.6) is 0 Å². The highest BCUT2D eigenvalue weighted by molar-refractivity contribution is 7.91. The van der Waals surface area contributed by atoms with Gasteiger partial charge < -0.3 is 9.47 Å². The Hall–Kier alpha value is -1.78. The molecule has 0 spiro atoms. The molecule has 164 valence electrons. The Morgan fingerprint density at radius 3 is 2.60 bits per heavy atom. The van der Waals surface area contributed by atoms with E-state index in [-0.39, 0.29) is 22.4 Å². The van der Waals surface area contributed by atoms with Crippen molar-refractivity contribution < 1.29 is 22.7 Å². The van der Waals surface area contributed by atoms with Gasteiger partial charge in [-0.25, -0.2) is 17.9 Å². The summed E-state index contributed by atoms with van der Waals surface area (Å²) in [6.45, 7) is 6.11. The Balaban J connectivity index is 1.90. The maximum Gasteiger partial charge on any atom is 0.340 e. The summed E-state index contributed by atoms with van der Waals surface area (Å²) in [7, 11) is -0.932. The van der Waals surface area contributed by atoms with Gasteiger partial charge in [0.2, 0.25) is 0 Å². The molecule has 1 aromatic carbocycles. The molecule has 1 N–H and O–H groups in total. The van der Waals surface area contributed by atoms with E-state index in [1.54, 1.807) is 7.11 Å². The minimum Gasteiger partial charge on any atom is -0.465 e. The Bertz CT molecular complexity index is 999. The normalized spacial score (nSPS) is 15.6. The van der Waals surface area contributed by atoms with Gasteiger partial charge >= 0.3 is 5.97 Å². The van der Waals surface area contributed by atoms with E-state index in [4.69, 9.17) is 9.47 Å². The molecule has 1 atom stereocenters. The molecule has 0 saturated carbocycles. The summed E-state index contributed by atoms with van der Waals surface area (Å²) in [4.78, 5) is 15.6. The average Bonchev–Trinajstić information content (AvgIpc) is 3.12. The fourth-order valence-corrected chi connectivity index (χ4v) is 6.54. The van der Waals surface area contributed by atoms with Gasteiger partial charge in [-0.3, -0.25) is 4.90 Å². The van der Waals surface area contributed by atoms with Gasteiger partial charge in [0.15, 0.2) is 0 Å². The zero-order valence-corrected chi connectivity index (χ0v) is 19.4. The van der Waals surface area contributed by atoms with Gasteiger partial charge in [-0.15, -0.1) is 11.3 Å². The smallest absolute Gasteiger partial charge is 0.340 e. The summed E-state index contributed by atoms with van der Waals surface area (Å²) in [5, 5.41) is 0. The van der Waals surface area contributed by atoms with Crippen LogP contribution in [0.3, 0.4) is 0 Å². The first-order chi connectivity index (χ1) is 14.3. The predicted octanol–water partition coefficient (Wildman–Crippen LogP) is 2.71. The molecule has 1 aliphatic rings. The molecule has 0 bridgehead atoms. The first-order valence-corrected chi connectivity index (χ1v) is 12.1. The second kappa shape index (κ2) is 9.57. The SMILES string of the molecule is COCC(C)N1CCc2c(sc(S(=O)(=O)NCc3ccc(C)cc3)c2C(=O)OC)C1. The summed E-state index contributed by atoms with van der Waals surface area (Å²) >= 11 is 1.16. The molecule has 30 heavy (non-hydrogen) atoms. The van der Waals surface area contributed by atoms with Gasteiger partial charge in [0, 0.05) is 37.7 Å². The molecule has 0 aliphatic carbocycles. The number of methoxy groups -OCH3 is 2. The second-order valence-corrected chi connectivity index (χ2v) is 10.6. The van der Waals surface area contributed by atoms with E-state index in [2.05, 4.69) is 16.5 Å². The molecule has 1 aliphatic heterocycles. The van der Waals surface area contributed by atoms with Crippen LogP contribution in [0.15, 0.2) is 28.5 Å². The van der Waals surface area contributed by atoms with Gasteiger partial charge in [0.05, 0.1) is 19.3 Å². The van der Waals surface area contributed by atoms with Crippen LogP contribution >= 0.6 is 11.3 Å². The van der Waals surface area contributed by atoms with Crippen LogP contribution in [0.4, 0.5) is 0 Å². The molecule has 7 nitrogen and oxygen atoms in total. The van der Waals surface area contributed by atoms with Crippen LogP contribution in [0.2, 0.25) is 0 Å². The summed E-state index contributed by atoms with van der Waals surface area (Å²) in [5.74, 6) is -0.610. The highest BCUT2D eigenvalue weighted by atomic mass is 32.2. The summed E-state index contributed by atoms with van der Waals surface area (Å²) in [5.41, 5.74) is 2.91.